The van der Waals surface area contributed by atoms with Crippen LogP contribution in [-0.4, -0.2) is 47.7 Å². The van der Waals surface area contributed by atoms with Crippen molar-refractivity contribution in [3.05, 3.63) is 78.6 Å². The Labute approximate surface area is 206 Å². The first-order chi connectivity index (χ1) is 17.5. The Morgan fingerprint density at radius 3 is 2.92 bits per heavy atom. The highest BCUT2D eigenvalue weighted by Crippen LogP contribution is 2.32. The lowest BCUT2D eigenvalue weighted by atomic mass is 9.91. The summed E-state index contributed by atoms with van der Waals surface area (Å²) >= 11 is 0. The summed E-state index contributed by atoms with van der Waals surface area (Å²) in [5.41, 5.74) is 9.27. The van der Waals surface area contributed by atoms with Gasteiger partial charge in [-0.2, -0.15) is 10.2 Å². The van der Waals surface area contributed by atoms with Crippen LogP contribution in [0.1, 0.15) is 24.8 Å². The highest BCUT2D eigenvalue weighted by Gasteiger charge is 2.28. The first kappa shape index (κ1) is 22.4. The molecule has 3 aromatic heterocycles. The number of nitrogens with one attached hydrogen (secondary N) is 1. The van der Waals surface area contributed by atoms with Gasteiger partial charge in [-0.1, -0.05) is 12.1 Å². The normalized spacial score (nSPS) is 20.1. The number of halogens is 1. The van der Waals surface area contributed by atoms with Crippen LogP contribution in [0, 0.1) is 5.82 Å². The Bertz CT molecular complexity index is 1530. The Morgan fingerprint density at radius 1 is 1.14 bits per heavy atom. The smallest absolute Gasteiger partial charge is 0.162 e. The Morgan fingerprint density at radius 2 is 2.06 bits per heavy atom. The number of fused-ring (bicyclic) bond motifs is 2. The number of rotatable bonds is 6. The zero-order chi connectivity index (χ0) is 24.6. The van der Waals surface area contributed by atoms with E-state index in [1.807, 2.05) is 41.2 Å². The van der Waals surface area contributed by atoms with Gasteiger partial charge in [0.05, 0.1) is 24.4 Å². The van der Waals surface area contributed by atoms with Crippen LogP contribution in [-0.2, 0) is 6.54 Å². The third-order valence-electron chi connectivity index (χ3n) is 6.66. The first-order valence-corrected chi connectivity index (χ1v) is 11.9. The summed E-state index contributed by atoms with van der Waals surface area (Å²) in [4.78, 5) is 4.46. The van der Waals surface area contributed by atoms with Gasteiger partial charge in [0, 0.05) is 35.8 Å². The van der Waals surface area contributed by atoms with E-state index in [-0.39, 0.29) is 18.0 Å². The van der Waals surface area contributed by atoms with Crippen molar-refractivity contribution < 1.29 is 14.2 Å². The summed E-state index contributed by atoms with van der Waals surface area (Å²) < 4.78 is 23.4. The fourth-order valence-corrected chi connectivity index (χ4v) is 4.77. The molecule has 5 aromatic rings. The molecule has 10 heteroatoms. The molecular weight excluding hydrogens is 461 g/mol. The highest BCUT2D eigenvalue weighted by molar-refractivity contribution is 5.86. The molecule has 36 heavy (non-hydrogen) atoms. The van der Waals surface area contributed by atoms with Gasteiger partial charge in [0.15, 0.2) is 11.6 Å². The maximum Gasteiger partial charge on any atom is 0.162 e. The molecule has 0 bridgehead atoms. The molecule has 0 radical (unpaired) electrons. The van der Waals surface area contributed by atoms with Crippen molar-refractivity contribution in [3.63, 3.8) is 0 Å². The fraction of sp³-hybridized carbons (Fsp3) is 0.269. The summed E-state index contributed by atoms with van der Waals surface area (Å²) in [7, 11) is 0. The molecule has 0 amide bonds. The van der Waals surface area contributed by atoms with Gasteiger partial charge in [0.25, 0.3) is 0 Å². The molecule has 1 saturated carbocycles. The van der Waals surface area contributed by atoms with Crippen molar-refractivity contribution in [1.29, 1.82) is 0 Å². The second-order valence-electron chi connectivity index (χ2n) is 9.20. The average Bonchev–Trinajstić information content (AvgIpc) is 3.46. The van der Waals surface area contributed by atoms with Crippen molar-refractivity contribution in [2.45, 2.75) is 44.1 Å². The van der Waals surface area contributed by atoms with E-state index in [9.17, 15) is 9.50 Å². The Hall–Kier alpha value is -4.02. The number of nitrogens with two attached hydrogens (primary N) is 1. The number of ether oxygens (including phenoxy) is 1. The first-order valence-electron chi connectivity index (χ1n) is 11.9. The van der Waals surface area contributed by atoms with E-state index < -0.39 is 6.10 Å². The number of hydrogen-bond acceptors (Lipinski definition) is 7. The molecule has 4 N–H and O–H groups in total. The summed E-state index contributed by atoms with van der Waals surface area (Å²) in [5, 5.41) is 23.3. The van der Waals surface area contributed by atoms with Gasteiger partial charge in [-0.3, -0.25) is 4.68 Å². The molecule has 0 spiro atoms. The molecule has 1 unspecified atom stereocenters. The number of benzene rings is 2. The zero-order valence-corrected chi connectivity index (χ0v) is 19.5. The van der Waals surface area contributed by atoms with E-state index in [1.54, 1.807) is 16.8 Å². The number of aliphatic hydroxyl groups excluding tert-OH is 1. The van der Waals surface area contributed by atoms with Crippen molar-refractivity contribution in [2.75, 3.05) is 5.32 Å². The Kier molecular flexibility index (Phi) is 5.74. The molecule has 3 heterocycles. The molecule has 0 saturated heterocycles. The van der Waals surface area contributed by atoms with Crippen LogP contribution in [0.3, 0.4) is 0 Å². The van der Waals surface area contributed by atoms with Crippen LogP contribution in [0.15, 0.2) is 67.3 Å². The number of aliphatic hydroxyl groups is 1. The maximum absolute atomic E-state index is 13.6. The van der Waals surface area contributed by atoms with E-state index in [0.717, 1.165) is 28.6 Å². The predicted molar refractivity (Wildman–Crippen MR) is 134 cm³/mol. The molecule has 1 fully saturated rings. The van der Waals surface area contributed by atoms with Crippen LogP contribution >= 0.6 is 0 Å². The van der Waals surface area contributed by atoms with Gasteiger partial charge in [0.1, 0.15) is 23.8 Å². The lowest BCUT2D eigenvalue weighted by molar-refractivity contribution is 0.0399. The minimum Gasteiger partial charge on any atom is -0.488 e. The van der Waals surface area contributed by atoms with Crippen molar-refractivity contribution in [3.8, 4) is 5.75 Å². The lowest BCUT2D eigenvalue weighted by Crippen LogP contribution is -2.43. The minimum atomic E-state index is -0.569. The van der Waals surface area contributed by atoms with Crippen LogP contribution in [0.5, 0.6) is 5.75 Å². The van der Waals surface area contributed by atoms with Gasteiger partial charge in [-0.25, -0.2) is 13.9 Å². The van der Waals surface area contributed by atoms with Crippen molar-refractivity contribution in [1.82, 2.24) is 24.4 Å². The van der Waals surface area contributed by atoms with Gasteiger partial charge in [-0.05, 0) is 48.7 Å². The fourth-order valence-electron chi connectivity index (χ4n) is 4.77. The van der Waals surface area contributed by atoms with Crippen LogP contribution in [0.4, 0.5) is 15.9 Å². The molecule has 1 aliphatic rings. The Balaban J connectivity index is 1.25. The largest absolute Gasteiger partial charge is 0.488 e. The summed E-state index contributed by atoms with van der Waals surface area (Å²) in [6.07, 6.45) is 6.39. The van der Waals surface area contributed by atoms with Crippen LogP contribution in [0.2, 0.25) is 0 Å². The summed E-state index contributed by atoms with van der Waals surface area (Å²) in [5.74, 6) is 0.989. The third-order valence-corrected chi connectivity index (χ3v) is 6.66. The molecule has 9 nitrogen and oxygen atoms in total. The monoisotopic (exact) mass is 487 g/mol. The van der Waals surface area contributed by atoms with Crippen LogP contribution < -0.4 is 15.8 Å². The standard InChI is InChI=1S/C26H26FN7O2/c27-18-3-1-2-16(10-18)14-34-22-7-4-19(11-17(22)13-30-34)32-26-25-24(8-9-33(25)31-15-29-26)36-20-5-6-21(28)23(35)12-20/h1-4,7-11,13,15,20-21,23,35H,5-6,12,14,28H2,(H,29,31,32)/t20-,21?,23-/m1/s1. The maximum atomic E-state index is 13.6. The predicted octanol–water partition coefficient (Wildman–Crippen LogP) is 3.63. The van der Waals surface area contributed by atoms with E-state index in [2.05, 4.69) is 20.5 Å². The summed E-state index contributed by atoms with van der Waals surface area (Å²) in [6, 6.07) is 14.1. The molecular formula is C26H26FN7O2. The molecule has 184 valence electrons. The zero-order valence-electron chi connectivity index (χ0n) is 19.5. The third kappa shape index (κ3) is 4.36. The summed E-state index contributed by atoms with van der Waals surface area (Å²) in [6.45, 7) is 0.478. The van der Waals surface area contributed by atoms with E-state index in [4.69, 9.17) is 10.5 Å². The van der Waals surface area contributed by atoms with E-state index in [1.165, 1.54) is 18.5 Å². The average molecular weight is 488 g/mol. The van der Waals surface area contributed by atoms with E-state index >= 15 is 0 Å². The molecule has 0 aliphatic heterocycles. The second kappa shape index (κ2) is 9.21. The van der Waals surface area contributed by atoms with Crippen molar-refractivity contribution in [2.24, 2.45) is 5.73 Å². The topological polar surface area (TPSA) is 116 Å². The second-order valence-corrected chi connectivity index (χ2v) is 9.20. The van der Waals surface area contributed by atoms with Gasteiger partial charge in [-0.15, -0.1) is 0 Å². The quantitative estimate of drug-likeness (QED) is 0.335. The van der Waals surface area contributed by atoms with Crippen LogP contribution in [0.25, 0.3) is 16.4 Å². The number of hydrogen-bond donors (Lipinski definition) is 3. The number of aromatic nitrogens is 5. The molecule has 3 atom stereocenters. The number of nitrogens with zero attached hydrogens (tertiary/aromatic N) is 5. The number of anilines is 2. The lowest BCUT2D eigenvalue weighted by Gasteiger charge is -2.30. The van der Waals surface area contributed by atoms with Gasteiger partial charge in [0.2, 0.25) is 0 Å². The van der Waals surface area contributed by atoms with Crippen molar-refractivity contribution >= 4 is 27.9 Å². The molecule has 1 aliphatic carbocycles. The minimum absolute atomic E-state index is 0.126. The van der Waals surface area contributed by atoms with Gasteiger partial charge >= 0.3 is 0 Å². The van der Waals surface area contributed by atoms with E-state index in [0.29, 0.717) is 36.5 Å². The molecule has 6 rings (SSSR count). The SMILES string of the molecule is NC1CC[C@@H](Oc2ccn3ncnc(Nc4ccc5c(cnn5Cc5cccc(F)c5)c4)c23)C[C@H]1O. The highest BCUT2D eigenvalue weighted by atomic mass is 19.1. The molecule has 2 aromatic carbocycles. The van der Waals surface area contributed by atoms with Gasteiger partial charge < -0.3 is 20.9 Å².